The third-order valence-electron chi connectivity index (χ3n) is 8.69. The van der Waals surface area contributed by atoms with Crippen molar-refractivity contribution in [1.82, 2.24) is 14.9 Å². The van der Waals surface area contributed by atoms with Crippen LogP contribution in [-0.4, -0.2) is 64.8 Å². The van der Waals surface area contributed by atoms with Gasteiger partial charge in [0, 0.05) is 50.3 Å². The molecular weight excluding hydrogens is 583 g/mol. The molecule has 0 radical (unpaired) electrons. The highest BCUT2D eigenvalue weighted by atomic mass is 32.2. The monoisotopic (exact) mass is 636 g/mol. The van der Waals surface area contributed by atoms with E-state index in [0.717, 1.165) is 48.4 Å². The number of aldehydes is 1. The van der Waals surface area contributed by atoms with Crippen molar-refractivity contribution in [2.24, 2.45) is 28.8 Å². The Morgan fingerprint density at radius 2 is 1.95 bits per heavy atom. The fraction of sp³-hybridized carbons (Fsp3) is 0.636. The Morgan fingerprint density at radius 3 is 2.57 bits per heavy atom. The third kappa shape index (κ3) is 12.1. The van der Waals surface area contributed by atoms with Crippen molar-refractivity contribution in [1.29, 1.82) is 0 Å². The first kappa shape index (κ1) is 37.6. The van der Waals surface area contributed by atoms with E-state index in [4.69, 9.17) is 9.88 Å². The van der Waals surface area contributed by atoms with Gasteiger partial charge < -0.3 is 15.4 Å². The number of hydrogen-bond donors (Lipinski definition) is 3. The van der Waals surface area contributed by atoms with Crippen molar-refractivity contribution in [2.45, 2.75) is 77.7 Å². The number of halogens is 1. The summed E-state index contributed by atoms with van der Waals surface area (Å²) in [4.78, 5) is 24.2. The molecule has 0 aromatic carbocycles. The van der Waals surface area contributed by atoms with Gasteiger partial charge in [0.15, 0.2) is 0 Å². The van der Waals surface area contributed by atoms with Crippen LogP contribution in [0.1, 0.15) is 71.6 Å². The highest BCUT2D eigenvalue weighted by Gasteiger charge is 2.33. The van der Waals surface area contributed by atoms with Crippen LogP contribution in [0.3, 0.4) is 0 Å². The number of unbranched alkanes of at least 4 members (excludes halogenated alkanes) is 2. The SMILES string of the molecule is C=C/C=C(/F)C(C)C(C/C=C(\C1CCCCC1)[C@H]1C(NC)=CC(C=O)=C[C@H]1C)OCC(=O)NCCCCCN(C)S(N)(=O)=O. The molecule has 2 unspecified atom stereocenters. The number of rotatable bonds is 19. The van der Waals surface area contributed by atoms with Crippen LogP contribution < -0.4 is 15.8 Å². The van der Waals surface area contributed by atoms with E-state index in [0.29, 0.717) is 43.8 Å². The molecule has 0 spiro atoms. The van der Waals surface area contributed by atoms with Crippen molar-refractivity contribution in [2.75, 3.05) is 33.8 Å². The molecule has 2 aliphatic rings. The number of carbonyl (C=O) groups is 2. The largest absolute Gasteiger partial charge is 0.391 e. The van der Waals surface area contributed by atoms with Gasteiger partial charge in [0.05, 0.1) is 6.10 Å². The summed E-state index contributed by atoms with van der Waals surface area (Å²) in [6.07, 6.45) is 17.3. The summed E-state index contributed by atoms with van der Waals surface area (Å²) < 4.78 is 44.7. The normalized spacial score (nSPS) is 21.7. The van der Waals surface area contributed by atoms with Crippen molar-refractivity contribution in [3.8, 4) is 0 Å². The number of nitrogens with zero attached hydrogens (tertiary/aromatic N) is 1. The molecule has 0 saturated heterocycles. The van der Waals surface area contributed by atoms with Crippen LogP contribution in [0.25, 0.3) is 0 Å². The predicted molar refractivity (Wildman–Crippen MR) is 174 cm³/mol. The Kier molecular flexibility index (Phi) is 16.3. The Labute approximate surface area is 264 Å². The van der Waals surface area contributed by atoms with Gasteiger partial charge in [-0.2, -0.15) is 12.7 Å². The van der Waals surface area contributed by atoms with Gasteiger partial charge in [-0.25, -0.2) is 9.53 Å². The van der Waals surface area contributed by atoms with E-state index in [2.05, 4.69) is 30.2 Å². The first-order valence-corrected chi connectivity index (χ1v) is 17.3. The van der Waals surface area contributed by atoms with Gasteiger partial charge in [-0.3, -0.25) is 9.59 Å². The minimum absolute atomic E-state index is 0.0735. The summed E-state index contributed by atoms with van der Waals surface area (Å²) in [5.41, 5.74) is 2.94. The van der Waals surface area contributed by atoms with Gasteiger partial charge in [0.1, 0.15) is 18.7 Å². The lowest BCUT2D eigenvalue weighted by atomic mass is 9.71. The van der Waals surface area contributed by atoms with Crippen molar-refractivity contribution < 1.29 is 27.1 Å². The molecule has 0 aromatic rings. The van der Waals surface area contributed by atoms with E-state index in [1.54, 1.807) is 6.92 Å². The maximum absolute atomic E-state index is 15.0. The molecule has 11 heteroatoms. The van der Waals surface area contributed by atoms with Crippen LogP contribution in [0.4, 0.5) is 4.39 Å². The molecule has 44 heavy (non-hydrogen) atoms. The summed E-state index contributed by atoms with van der Waals surface area (Å²) in [5, 5.41) is 11.2. The van der Waals surface area contributed by atoms with Gasteiger partial charge in [0.25, 0.3) is 10.2 Å². The quantitative estimate of drug-likeness (QED) is 0.0804. The van der Waals surface area contributed by atoms with Crippen LogP contribution in [-0.2, 0) is 24.5 Å². The molecule has 0 aliphatic heterocycles. The van der Waals surface area contributed by atoms with Crippen molar-refractivity contribution in [3.05, 3.63) is 59.6 Å². The standard InChI is InChI=1S/C33H53FN4O5S/c1-6-13-29(34)25(3)31(43-23-32(40)37-18-11-8-12-19-38(5)44(35,41)42)17-16-28(27-14-9-7-10-15-27)33-24(2)20-26(22-39)21-30(33)36-4/h6,13,16,20-22,24-25,27,31,33,36H,1,7-12,14-15,17-19,23H2,2-5H3,(H,37,40)(H2,35,41,42)/b28-16+,29-13+/t24-,25?,31?,33+/m1/s1. The predicted octanol–water partition coefficient (Wildman–Crippen LogP) is 4.86. The molecule has 1 fully saturated rings. The van der Waals surface area contributed by atoms with Crippen LogP contribution >= 0.6 is 0 Å². The maximum Gasteiger partial charge on any atom is 0.276 e. The number of nitrogens with two attached hydrogens (primary N) is 1. The smallest absolute Gasteiger partial charge is 0.276 e. The average Bonchev–Trinajstić information content (AvgIpc) is 3.00. The van der Waals surface area contributed by atoms with Crippen LogP contribution in [0.15, 0.2) is 59.6 Å². The fourth-order valence-electron chi connectivity index (χ4n) is 6.10. The zero-order valence-electron chi connectivity index (χ0n) is 26.9. The van der Waals surface area contributed by atoms with E-state index < -0.39 is 22.2 Å². The first-order chi connectivity index (χ1) is 20.9. The highest BCUT2D eigenvalue weighted by molar-refractivity contribution is 7.86. The van der Waals surface area contributed by atoms with Crippen LogP contribution in [0, 0.1) is 23.7 Å². The zero-order chi connectivity index (χ0) is 32.7. The number of carbonyl (C=O) groups excluding carboxylic acids is 2. The summed E-state index contributed by atoms with van der Waals surface area (Å²) in [7, 11) is -0.382. The molecule has 1 saturated carbocycles. The van der Waals surface area contributed by atoms with Crippen molar-refractivity contribution >= 4 is 22.4 Å². The Hall–Kier alpha value is -2.60. The lowest BCUT2D eigenvalue weighted by Gasteiger charge is -2.36. The number of hydrogen-bond acceptors (Lipinski definition) is 6. The number of nitrogens with one attached hydrogen (secondary N) is 2. The number of ether oxygens (including phenoxy) is 1. The zero-order valence-corrected chi connectivity index (χ0v) is 27.7. The second-order valence-corrected chi connectivity index (χ2v) is 13.6. The summed E-state index contributed by atoms with van der Waals surface area (Å²) in [6, 6.07) is 0. The Balaban J connectivity index is 2.13. The molecule has 248 valence electrons. The van der Waals surface area contributed by atoms with Gasteiger partial charge in [-0.05, 0) is 56.1 Å². The fourth-order valence-corrected chi connectivity index (χ4v) is 6.49. The minimum Gasteiger partial charge on any atom is -0.391 e. The van der Waals surface area contributed by atoms with Gasteiger partial charge in [-0.15, -0.1) is 0 Å². The lowest BCUT2D eigenvalue weighted by molar-refractivity contribution is -0.128. The first-order valence-electron chi connectivity index (χ1n) is 15.8. The van der Waals surface area contributed by atoms with Crippen molar-refractivity contribution in [3.63, 3.8) is 0 Å². The van der Waals surface area contributed by atoms with E-state index in [9.17, 15) is 22.4 Å². The average molecular weight is 637 g/mol. The van der Waals surface area contributed by atoms with Gasteiger partial charge in [-0.1, -0.05) is 69.9 Å². The highest BCUT2D eigenvalue weighted by Crippen LogP contribution is 2.42. The topological polar surface area (TPSA) is 131 Å². The van der Waals surface area contributed by atoms with Crippen LogP contribution in [0.2, 0.25) is 0 Å². The van der Waals surface area contributed by atoms with E-state index in [1.165, 1.54) is 31.2 Å². The van der Waals surface area contributed by atoms with Gasteiger partial charge >= 0.3 is 0 Å². The molecule has 0 bridgehead atoms. The summed E-state index contributed by atoms with van der Waals surface area (Å²) in [6.45, 7) is 8.03. The summed E-state index contributed by atoms with van der Waals surface area (Å²) in [5.74, 6) is -0.675. The number of allylic oxidation sites excluding steroid dienone is 6. The Bertz CT molecular complexity index is 1190. The molecule has 2 aliphatic carbocycles. The molecule has 2 rings (SSSR count). The van der Waals surface area contributed by atoms with Gasteiger partial charge in [0.2, 0.25) is 5.91 Å². The minimum atomic E-state index is -3.69. The third-order valence-corrected chi connectivity index (χ3v) is 9.74. The van der Waals surface area contributed by atoms with E-state index >= 15 is 0 Å². The second kappa shape index (κ2) is 19.0. The molecule has 0 aromatic heterocycles. The Morgan fingerprint density at radius 1 is 1.25 bits per heavy atom. The van der Waals surface area contributed by atoms with Crippen LogP contribution in [0.5, 0.6) is 0 Å². The molecule has 0 heterocycles. The molecule has 4 N–H and O–H groups in total. The molecular formula is C33H53FN4O5S. The number of amides is 1. The maximum atomic E-state index is 15.0. The summed E-state index contributed by atoms with van der Waals surface area (Å²) >= 11 is 0. The van der Waals surface area contributed by atoms with E-state index in [-0.39, 0.29) is 30.2 Å². The van der Waals surface area contributed by atoms with E-state index in [1.807, 2.05) is 19.2 Å². The lowest BCUT2D eigenvalue weighted by Crippen LogP contribution is -2.34. The molecule has 1 amide bonds. The molecule has 4 atom stereocenters. The second-order valence-electron chi connectivity index (χ2n) is 11.9. The molecule has 9 nitrogen and oxygen atoms in total.